The predicted octanol–water partition coefficient (Wildman–Crippen LogP) is 3.01. The largest absolute Gasteiger partial charge is 0.352 e. The zero-order valence-electron chi connectivity index (χ0n) is 14.0. The van der Waals surface area contributed by atoms with Crippen LogP contribution in [0, 0.1) is 13.8 Å². The summed E-state index contributed by atoms with van der Waals surface area (Å²) in [5, 5.41) is 7.50. The van der Waals surface area contributed by atoms with Crippen LogP contribution in [0.5, 0.6) is 0 Å². The monoisotopic (exact) mass is 399 g/mol. The highest BCUT2D eigenvalue weighted by Gasteiger charge is 2.14. The average molecular weight is 400 g/mol. The molecule has 25 heavy (non-hydrogen) atoms. The van der Waals surface area contributed by atoms with E-state index in [0.29, 0.717) is 18.5 Å². The molecule has 0 spiro atoms. The van der Waals surface area contributed by atoms with Crippen molar-refractivity contribution in [3.8, 4) is 5.82 Å². The van der Waals surface area contributed by atoms with E-state index in [1.807, 2.05) is 36.7 Å². The number of nitrogens with zero attached hydrogens (tertiary/aromatic N) is 4. The summed E-state index contributed by atoms with van der Waals surface area (Å²) in [6.07, 6.45) is 5.65. The quantitative estimate of drug-likeness (QED) is 0.715. The maximum atomic E-state index is 12.2. The minimum Gasteiger partial charge on any atom is -0.352 e. The number of amides is 1. The lowest BCUT2D eigenvalue weighted by molar-refractivity contribution is 0.0953. The van der Waals surface area contributed by atoms with E-state index in [9.17, 15) is 4.79 Å². The van der Waals surface area contributed by atoms with Crippen molar-refractivity contribution < 1.29 is 4.79 Å². The first-order valence-electron chi connectivity index (χ1n) is 7.91. The second-order valence-electron chi connectivity index (χ2n) is 5.65. The zero-order valence-corrected chi connectivity index (χ0v) is 15.6. The molecule has 7 heteroatoms. The number of rotatable bonds is 5. The van der Waals surface area contributed by atoms with E-state index in [1.54, 1.807) is 24.7 Å². The summed E-state index contributed by atoms with van der Waals surface area (Å²) in [7, 11) is 0. The van der Waals surface area contributed by atoms with Crippen LogP contribution < -0.4 is 5.32 Å². The van der Waals surface area contributed by atoms with Gasteiger partial charge in [0.15, 0.2) is 5.82 Å². The van der Waals surface area contributed by atoms with Gasteiger partial charge in [0.2, 0.25) is 0 Å². The van der Waals surface area contributed by atoms with Crippen molar-refractivity contribution >= 4 is 21.8 Å². The molecule has 0 saturated carbocycles. The fourth-order valence-corrected chi connectivity index (χ4v) is 3.04. The van der Waals surface area contributed by atoms with E-state index in [1.165, 1.54) is 0 Å². The van der Waals surface area contributed by atoms with Crippen LogP contribution in [0.2, 0.25) is 0 Å². The number of pyridine rings is 2. The number of carbonyl (C=O) groups is 1. The number of aromatic nitrogens is 4. The Morgan fingerprint density at radius 1 is 1.28 bits per heavy atom. The van der Waals surface area contributed by atoms with Gasteiger partial charge in [0.1, 0.15) is 0 Å². The van der Waals surface area contributed by atoms with Gasteiger partial charge in [0.25, 0.3) is 5.91 Å². The molecule has 0 bridgehead atoms. The van der Waals surface area contributed by atoms with E-state index in [-0.39, 0.29) is 5.91 Å². The lowest BCUT2D eigenvalue weighted by Crippen LogP contribution is -2.26. The van der Waals surface area contributed by atoms with Crippen molar-refractivity contribution in [2.45, 2.75) is 20.3 Å². The zero-order chi connectivity index (χ0) is 17.8. The molecule has 6 nitrogen and oxygen atoms in total. The van der Waals surface area contributed by atoms with E-state index >= 15 is 0 Å². The van der Waals surface area contributed by atoms with Gasteiger partial charge in [0.05, 0.1) is 11.3 Å². The smallest absolute Gasteiger partial charge is 0.252 e. The molecule has 0 unspecified atom stereocenters. The predicted molar refractivity (Wildman–Crippen MR) is 98.8 cm³/mol. The van der Waals surface area contributed by atoms with Crippen molar-refractivity contribution in [2.24, 2.45) is 0 Å². The Kier molecular flexibility index (Phi) is 5.23. The Balaban J connectivity index is 1.68. The summed E-state index contributed by atoms with van der Waals surface area (Å²) < 4.78 is 2.62. The van der Waals surface area contributed by atoms with E-state index in [4.69, 9.17) is 0 Å². The first-order chi connectivity index (χ1) is 12.1. The summed E-state index contributed by atoms with van der Waals surface area (Å²) in [6.45, 7) is 4.52. The van der Waals surface area contributed by atoms with Crippen molar-refractivity contribution in [1.29, 1.82) is 0 Å². The lowest BCUT2D eigenvalue weighted by atomic mass is 10.1. The molecule has 1 N–H and O–H groups in total. The minimum atomic E-state index is -0.138. The number of nitrogens with one attached hydrogen (secondary N) is 1. The van der Waals surface area contributed by atoms with Gasteiger partial charge in [-0.3, -0.25) is 9.78 Å². The molecule has 0 fully saturated rings. The fourth-order valence-electron chi connectivity index (χ4n) is 2.68. The first kappa shape index (κ1) is 17.3. The van der Waals surface area contributed by atoms with Gasteiger partial charge in [-0.05, 0) is 60.0 Å². The van der Waals surface area contributed by atoms with E-state index in [0.717, 1.165) is 27.2 Å². The maximum Gasteiger partial charge on any atom is 0.252 e. The molecule has 0 aliphatic rings. The van der Waals surface area contributed by atoms with Gasteiger partial charge in [-0.25, -0.2) is 9.67 Å². The molecule has 0 radical (unpaired) electrons. The van der Waals surface area contributed by atoms with Crippen molar-refractivity contribution in [3.63, 3.8) is 0 Å². The number of aryl methyl sites for hydroxylation is 1. The number of carbonyl (C=O) groups excluding carboxylic acids is 1. The summed E-state index contributed by atoms with van der Waals surface area (Å²) in [4.78, 5) is 20.5. The second-order valence-corrected chi connectivity index (χ2v) is 6.56. The van der Waals surface area contributed by atoms with Crippen LogP contribution >= 0.6 is 15.9 Å². The number of halogens is 1. The van der Waals surface area contributed by atoms with Crippen LogP contribution in [0.1, 0.15) is 27.3 Å². The SMILES string of the molecule is Cc1nn(-c2ccccn2)c(C)c1CCNC(=O)c1cncc(Br)c1. The Labute approximate surface area is 154 Å². The molecule has 3 rings (SSSR count). The number of hydrogen-bond donors (Lipinski definition) is 1. The molecular formula is C18H18BrN5O. The fraction of sp³-hybridized carbons (Fsp3) is 0.222. The van der Waals surface area contributed by atoms with Crippen LogP contribution in [-0.4, -0.2) is 32.2 Å². The summed E-state index contributed by atoms with van der Waals surface area (Å²) in [5.41, 5.74) is 3.64. The van der Waals surface area contributed by atoms with Crippen molar-refractivity contribution in [2.75, 3.05) is 6.54 Å². The number of hydrogen-bond acceptors (Lipinski definition) is 4. The molecule has 1 amide bonds. The Morgan fingerprint density at radius 3 is 2.84 bits per heavy atom. The first-order valence-corrected chi connectivity index (χ1v) is 8.71. The molecule has 0 saturated heterocycles. The molecular weight excluding hydrogens is 382 g/mol. The molecule has 128 valence electrons. The highest BCUT2D eigenvalue weighted by Crippen LogP contribution is 2.17. The molecule has 0 aliphatic heterocycles. The third kappa shape index (κ3) is 3.93. The van der Waals surface area contributed by atoms with Gasteiger partial charge in [-0.2, -0.15) is 5.10 Å². The van der Waals surface area contributed by atoms with Gasteiger partial charge < -0.3 is 5.32 Å². The van der Waals surface area contributed by atoms with Gasteiger partial charge in [-0.1, -0.05) is 6.07 Å². The molecule has 3 aromatic rings. The minimum absolute atomic E-state index is 0.138. The maximum absolute atomic E-state index is 12.2. The van der Waals surface area contributed by atoms with E-state index in [2.05, 4.69) is 36.3 Å². The third-order valence-corrected chi connectivity index (χ3v) is 4.37. The van der Waals surface area contributed by atoms with Crippen LogP contribution in [0.3, 0.4) is 0 Å². The Hall–Kier alpha value is -2.54. The molecule has 0 aliphatic carbocycles. The molecule has 0 aromatic carbocycles. The van der Waals surface area contributed by atoms with E-state index < -0.39 is 0 Å². The third-order valence-electron chi connectivity index (χ3n) is 3.94. The average Bonchev–Trinajstić information content (AvgIpc) is 2.90. The highest BCUT2D eigenvalue weighted by atomic mass is 79.9. The standard InChI is InChI=1S/C18H18BrN5O/c1-12-16(13(2)24(23-12)17-5-3-4-7-21-17)6-8-22-18(25)14-9-15(19)11-20-10-14/h3-5,7,9-11H,6,8H2,1-2H3,(H,22,25). The second kappa shape index (κ2) is 7.57. The van der Waals surface area contributed by atoms with Crippen LogP contribution in [0.15, 0.2) is 47.3 Å². The molecule has 0 atom stereocenters. The topological polar surface area (TPSA) is 72.7 Å². The Morgan fingerprint density at radius 2 is 2.12 bits per heavy atom. The summed E-state index contributed by atoms with van der Waals surface area (Å²) in [5.74, 6) is 0.653. The molecule has 3 heterocycles. The summed E-state index contributed by atoms with van der Waals surface area (Å²) in [6, 6.07) is 7.48. The van der Waals surface area contributed by atoms with Crippen LogP contribution in [0.25, 0.3) is 5.82 Å². The van der Waals surface area contributed by atoms with Gasteiger partial charge in [-0.15, -0.1) is 0 Å². The summed E-state index contributed by atoms with van der Waals surface area (Å²) >= 11 is 3.32. The lowest BCUT2D eigenvalue weighted by Gasteiger charge is -2.07. The Bertz CT molecular complexity index is 892. The van der Waals surface area contributed by atoms with Gasteiger partial charge in [0, 0.05) is 35.3 Å². The van der Waals surface area contributed by atoms with Gasteiger partial charge >= 0.3 is 0 Å². The van der Waals surface area contributed by atoms with Crippen LogP contribution in [-0.2, 0) is 6.42 Å². The molecule has 3 aromatic heterocycles. The highest BCUT2D eigenvalue weighted by molar-refractivity contribution is 9.10. The van der Waals surface area contributed by atoms with Crippen molar-refractivity contribution in [3.05, 3.63) is 69.8 Å². The van der Waals surface area contributed by atoms with Crippen LogP contribution in [0.4, 0.5) is 0 Å². The van der Waals surface area contributed by atoms with Crippen molar-refractivity contribution in [1.82, 2.24) is 25.1 Å². The normalized spacial score (nSPS) is 10.7.